The summed E-state index contributed by atoms with van der Waals surface area (Å²) in [6.07, 6.45) is 4.23. The Morgan fingerprint density at radius 1 is 1.15 bits per heavy atom. The van der Waals surface area contributed by atoms with Crippen molar-refractivity contribution in [2.24, 2.45) is 5.73 Å². The van der Waals surface area contributed by atoms with Crippen LogP contribution in [0.1, 0.15) is 29.7 Å². The second kappa shape index (κ2) is 11.9. The first kappa shape index (κ1) is 30.1. The van der Waals surface area contributed by atoms with Gasteiger partial charge in [0.15, 0.2) is 0 Å². The number of hydrogen-bond donors (Lipinski definition) is 2. The summed E-state index contributed by atoms with van der Waals surface area (Å²) in [5.74, 6) is -1.63. The molecule has 2 heterocycles. The van der Waals surface area contributed by atoms with Gasteiger partial charge < -0.3 is 10.6 Å². The summed E-state index contributed by atoms with van der Waals surface area (Å²) >= 11 is 6.26. The van der Waals surface area contributed by atoms with E-state index in [4.69, 9.17) is 17.3 Å². The Bertz CT molecular complexity index is 1630. The fourth-order valence-electron chi connectivity index (χ4n) is 4.96. The molecule has 3 aromatic rings. The van der Waals surface area contributed by atoms with E-state index in [1.165, 1.54) is 15.3 Å². The highest BCUT2D eigenvalue weighted by atomic mass is 35.5. The quantitative estimate of drug-likeness (QED) is 0.371. The van der Waals surface area contributed by atoms with Gasteiger partial charge in [0.2, 0.25) is 15.9 Å². The van der Waals surface area contributed by atoms with Crippen molar-refractivity contribution >= 4 is 37.6 Å². The summed E-state index contributed by atoms with van der Waals surface area (Å²) in [6, 6.07) is 11.7. The predicted molar refractivity (Wildman–Crippen MR) is 153 cm³/mol. The van der Waals surface area contributed by atoms with Crippen molar-refractivity contribution in [1.29, 1.82) is 0 Å². The molecule has 214 valence electrons. The van der Waals surface area contributed by atoms with Gasteiger partial charge in [-0.05, 0) is 65.4 Å². The molecule has 0 aliphatic carbocycles. The number of sulfonamides is 1. The van der Waals surface area contributed by atoms with Crippen LogP contribution in [-0.4, -0.2) is 72.9 Å². The molecule has 1 aromatic heterocycles. The van der Waals surface area contributed by atoms with Gasteiger partial charge in [0.05, 0.1) is 16.7 Å². The molecule has 0 saturated carbocycles. The molecule has 1 unspecified atom stereocenters. The van der Waals surface area contributed by atoms with E-state index < -0.39 is 43.9 Å². The van der Waals surface area contributed by atoms with E-state index in [-0.39, 0.29) is 24.5 Å². The van der Waals surface area contributed by atoms with Gasteiger partial charge in [-0.1, -0.05) is 42.8 Å². The zero-order valence-electron chi connectivity index (χ0n) is 22.1. The zero-order valence-corrected chi connectivity index (χ0v) is 24.5. The lowest BCUT2D eigenvalue weighted by Crippen LogP contribution is -2.56. The number of carbonyl (C=O) groups excluding carboxylic acids is 1. The van der Waals surface area contributed by atoms with Crippen LogP contribution < -0.4 is 5.73 Å². The van der Waals surface area contributed by atoms with Gasteiger partial charge in [-0.15, -0.1) is 0 Å². The van der Waals surface area contributed by atoms with Crippen LogP contribution in [0.5, 0.6) is 0 Å². The molecular formula is C27H31ClN4O6S2. The molecular weight excluding hydrogens is 576 g/mol. The van der Waals surface area contributed by atoms with Gasteiger partial charge >= 0.3 is 0 Å². The smallest absolute Gasteiger partial charge is 0.266 e. The van der Waals surface area contributed by atoms with Crippen LogP contribution >= 0.6 is 11.6 Å². The number of pyridine rings is 1. The number of halogens is 1. The highest BCUT2D eigenvalue weighted by Crippen LogP contribution is 2.36. The molecule has 4 rings (SSSR count). The number of nitrogens with zero attached hydrogens (tertiary/aromatic N) is 3. The number of hydrogen-bond acceptors (Lipinski definition) is 7. The number of aromatic nitrogens is 1. The van der Waals surface area contributed by atoms with E-state index in [9.17, 15) is 26.2 Å². The zero-order chi connectivity index (χ0) is 29.2. The molecule has 3 N–H and O–H groups in total. The Labute approximate surface area is 239 Å². The molecule has 2 atom stereocenters. The van der Waals surface area contributed by atoms with Gasteiger partial charge in [0.1, 0.15) is 6.04 Å². The summed E-state index contributed by atoms with van der Waals surface area (Å²) < 4.78 is 61.2. The first-order valence-electron chi connectivity index (χ1n) is 12.6. The van der Waals surface area contributed by atoms with Crippen molar-refractivity contribution in [3.8, 4) is 11.1 Å². The summed E-state index contributed by atoms with van der Waals surface area (Å²) in [4.78, 5) is 18.7. The molecule has 40 heavy (non-hydrogen) atoms. The number of rotatable bonds is 8. The minimum Gasteiger partial charge on any atom is -0.338 e. The van der Waals surface area contributed by atoms with Crippen molar-refractivity contribution < 1.29 is 26.2 Å². The normalized spacial score (nSPS) is 17.5. The molecule has 1 amide bonds. The van der Waals surface area contributed by atoms with Crippen molar-refractivity contribution in [2.45, 2.75) is 37.2 Å². The molecule has 1 fully saturated rings. The number of aryl methyl sites for hydroxylation is 1. The summed E-state index contributed by atoms with van der Waals surface area (Å²) in [6.45, 7) is 3.50. The van der Waals surface area contributed by atoms with E-state index in [0.29, 0.717) is 16.1 Å². The number of amides is 1. The Kier molecular flexibility index (Phi) is 8.98. The van der Waals surface area contributed by atoms with E-state index in [2.05, 4.69) is 4.98 Å². The standard InChI is InChI=1S/C27H31ClN4O6S2/c1-3-19-15-30-11-10-22(19)20-6-4-7-21(14-20)25-16-31(27(33)24(29)17-39(34,35)36)12-13-32(25)40(37,38)26-9-5-8-23(28)18(26)2/h4-11,14-15,24-25H,3,12-13,16-17,29H2,1-2H3,(H,34,35,36)/t24-,25?/m0/s1. The lowest BCUT2D eigenvalue weighted by atomic mass is 9.95. The van der Waals surface area contributed by atoms with Gasteiger partial charge in [-0.25, -0.2) is 8.42 Å². The monoisotopic (exact) mass is 606 g/mol. The highest BCUT2D eigenvalue weighted by molar-refractivity contribution is 7.89. The third kappa shape index (κ3) is 6.37. The lowest BCUT2D eigenvalue weighted by molar-refractivity contribution is -0.134. The van der Waals surface area contributed by atoms with Crippen molar-refractivity contribution in [1.82, 2.24) is 14.2 Å². The molecule has 2 aromatic carbocycles. The minimum atomic E-state index is -4.49. The topological polar surface area (TPSA) is 151 Å². The largest absolute Gasteiger partial charge is 0.338 e. The Balaban J connectivity index is 1.78. The van der Waals surface area contributed by atoms with Crippen LogP contribution in [0.25, 0.3) is 11.1 Å². The van der Waals surface area contributed by atoms with Gasteiger partial charge in [-0.3, -0.25) is 14.3 Å². The molecule has 1 aliphatic rings. The molecule has 1 saturated heterocycles. The number of nitrogens with two attached hydrogens (primary N) is 1. The van der Waals surface area contributed by atoms with Crippen LogP contribution in [0.2, 0.25) is 5.02 Å². The third-order valence-corrected chi connectivity index (χ3v) is 10.3. The first-order chi connectivity index (χ1) is 18.8. The van der Waals surface area contributed by atoms with Crippen molar-refractivity contribution in [3.63, 3.8) is 0 Å². The molecule has 10 nitrogen and oxygen atoms in total. The average Bonchev–Trinajstić information content (AvgIpc) is 2.92. The number of piperazine rings is 1. The fraction of sp³-hybridized carbons (Fsp3) is 0.333. The maximum atomic E-state index is 14.0. The summed E-state index contributed by atoms with van der Waals surface area (Å²) in [7, 11) is -8.56. The predicted octanol–water partition coefficient (Wildman–Crippen LogP) is 3.06. The highest BCUT2D eigenvalue weighted by Gasteiger charge is 2.40. The van der Waals surface area contributed by atoms with E-state index in [0.717, 1.165) is 23.1 Å². The summed E-state index contributed by atoms with van der Waals surface area (Å²) in [5.41, 5.74) is 9.71. The van der Waals surface area contributed by atoms with Crippen LogP contribution in [0.3, 0.4) is 0 Å². The minimum absolute atomic E-state index is 0.0165. The van der Waals surface area contributed by atoms with Crippen LogP contribution in [0.15, 0.2) is 65.8 Å². The van der Waals surface area contributed by atoms with Crippen molar-refractivity contribution in [2.75, 3.05) is 25.4 Å². The lowest BCUT2D eigenvalue weighted by Gasteiger charge is -2.41. The second-order valence-corrected chi connectivity index (χ2v) is 13.4. The van der Waals surface area contributed by atoms with Gasteiger partial charge in [0.25, 0.3) is 10.1 Å². The average molecular weight is 607 g/mol. The van der Waals surface area contributed by atoms with Crippen molar-refractivity contribution in [3.05, 3.63) is 82.6 Å². The van der Waals surface area contributed by atoms with Crippen LogP contribution in [-0.2, 0) is 31.4 Å². The van der Waals surface area contributed by atoms with Gasteiger partial charge in [-0.2, -0.15) is 12.7 Å². The third-order valence-electron chi connectivity index (χ3n) is 7.02. The molecule has 0 radical (unpaired) electrons. The van der Waals surface area contributed by atoms with E-state index >= 15 is 0 Å². The second-order valence-electron chi connectivity index (χ2n) is 9.65. The van der Waals surface area contributed by atoms with Crippen LogP contribution in [0.4, 0.5) is 0 Å². The summed E-state index contributed by atoms with van der Waals surface area (Å²) in [5, 5.41) is 0.314. The number of benzene rings is 2. The molecule has 0 spiro atoms. The maximum Gasteiger partial charge on any atom is 0.266 e. The van der Waals surface area contributed by atoms with Gasteiger partial charge in [0, 0.05) is 37.1 Å². The SMILES string of the molecule is CCc1cnccc1-c1cccc(C2CN(C(=O)[C@@H](N)CS(=O)(=O)O)CCN2S(=O)(=O)c2cccc(Cl)c2C)c1. The molecule has 1 aliphatic heterocycles. The fourth-order valence-corrected chi connectivity index (χ4v) is 7.63. The molecule has 13 heteroatoms. The first-order valence-corrected chi connectivity index (χ1v) is 16.1. The van der Waals surface area contributed by atoms with E-state index in [1.54, 1.807) is 37.5 Å². The Hall–Kier alpha value is -2.87. The van der Waals surface area contributed by atoms with Crippen LogP contribution in [0, 0.1) is 6.92 Å². The number of carbonyl (C=O) groups is 1. The maximum absolute atomic E-state index is 14.0. The molecule has 0 bridgehead atoms. The Morgan fingerprint density at radius 3 is 2.58 bits per heavy atom. The van der Waals surface area contributed by atoms with E-state index in [1.807, 2.05) is 31.2 Å². The Morgan fingerprint density at radius 2 is 1.88 bits per heavy atom.